The molecule has 0 spiro atoms. The summed E-state index contributed by atoms with van der Waals surface area (Å²) in [6.45, 7) is 0. The lowest BCUT2D eigenvalue weighted by Gasteiger charge is -2.21. The SMILES string of the molecule is NNc1cncc(NC2(C(F)(F)F)CC2)n1. The average molecular weight is 233 g/mol. The Morgan fingerprint density at radius 2 is 1.88 bits per heavy atom. The van der Waals surface area contributed by atoms with Gasteiger partial charge in [-0.15, -0.1) is 0 Å². The smallest absolute Gasteiger partial charge is 0.355 e. The molecule has 2 rings (SSSR count). The highest BCUT2D eigenvalue weighted by molar-refractivity contribution is 5.45. The molecule has 5 nitrogen and oxygen atoms in total. The molecule has 1 saturated carbocycles. The Kier molecular flexibility index (Phi) is 2.38. The average Bonchev–Trinajstić information content (AvgIpc) is 2.98. The van der Waals surface area contributed by atoms with Gasteiger partial charge in [-0.1, -0.05) is 0 Å². The number of nitrogens with two attached hydrogens (primary N) is 1. The second kappa shape index (κ2) is 3.48. The first-order valence-electron chi connectivity index (χ1n) is 4.60. The van der Waals surface area contributed by atoms with Crippen molar-refractivity contribution in [1.82, 2.24) is 9.97 Å². The molecule has 1 fully saturated rings. The van der Waals surface area contributed by atoms with Gasteiger partial charge < -0.3 is 10.7 Å². The fourth-order valence-electron chi connectivity index (χ4n) is 1.35. The molecule has 16 heavy (non-hydrogen) atoms. The highest BCUT2D eigenvalue weighted by Crippen LogP contribution is 2.50. The number of nitrogens with one attached hydrogen (secondary N) is 2. The fraction of sp³-hybridized carbons (Fsp3) is 0.500. The molecule has 88 valence electrons. The number of halogens is 3. The summed E-state index contributed by atoms with van der Waals surface area (Å²) >= 11 is 0. The zero-order valence-corrected chi connectivity index (χ0v) is 8.17. The van der Waals surface area contributed by atoms with Gasteiger partial charge in [0.05, 0.1) is 12.4 Å². The molecular weight excluding hydrogens is 223 g/mol. The summed E-state index contributed by atoms with van der Waals surface area (Å²) in [5.74, 6) is 5.35. The summed E-state index contributed by atoms with van der Waals surface area (Å²) in [6, 6.07) is 0. The lowest BCUT2D eigenvalue weighted by Crippen LogP contribution is -2.39. The van der Waals surface area contributed by atoms with Crippen molar-refractivity contribution in [2.75, 3.05) is 10.7 Å². The van der Waals surface area contributed by atoms with Gasteiger partial charge in [0.15, 0.2) is 5.82 Å². The van der Waals surface area contributed by atoms with Crippen LogP contribution in [0.2, 0.25) is 0 Å². The van der Waals surface area contributed by atoms with E-state index in [9.17, 15) is 13.2 Å². The van der Waals surface area contributed by atoms with E-state index in [4.69, 9.17) is 5.84 Å². The van der Waals surface area contributed by atoms with Crippen molar-refractivity contribution in [2.24, 2.45) is 5.84 Å². The molecule has 8 heteroatoms. The summed E-state index contributed by atoms with van der Waals surface area (Å²) in [7, 11) is 0. The van der Waals surface area contributed by atoms with E-state index in [0.717, 1.165) is 0 Å². The predicted molar refractivity (Wildman–Crippen MR) is 51.5 cm³/mol. The van der Waals surface area contributed by atoms with E-state index in [-0.39, 0.29) is 24.5 Å². The molecule has 1 aliphatic rings. The molecule has 1 aliphatic carbocycles. The van der Waals surface area contributed by atoms with Crippen molar-refractivity contribution in [1.29, 1.82) is 0 Å². The lowest BCUT2D eigenvalue weighted by atomic mass is 10.2. The minimum absolute atomic E-state index is 0.0540. The van der Waals surface area contributed by atoms with Crippen LogP contribution in [0, 0.1) is 0 Å². The zero-order valence-electron chi connectivity index (χ0n) is 8.17. The lowest BCUT2D eigenvalue weighted by molar-refractivity contribution is -0.151. The Morgan fingerprint density at radius 3 is 2.38 bits per heavy atom. The molecule has 0 atom stereocenters. The first-order chi connectivity index (χ1) is 7.47. The summed E-state index contributed by atoms with van der Waals surface area (Å²) < 4.78 is 37.8. The van der Waals surface area contributed by atoms with Crippen LogP contribution in [0.4, 0.5) is 24.8 Å². The Balaban J connectivity index is 2.15. The number of nitrogens with zero attached hydrogens (tertiary/aromatic N) is 2. The highest BCUT2D eigenvalue weighted by Gasteiger charge is 2.63. The monoisotopic (exact) mass is 233 g/mol. The second-order valence-corrected chi connectivity index (χ2v) is 3.64. The molecular formula is C8H10F3N5. The number of hydrogen-bond acceptors (Lipinski definition) is 5. The van der Waals surface area contributed by atoms with Gasteiger partial charge in [-0.05, 0) is 12.8 Å². The third-order valence-electron chi connectivity index (χ3n) is 2.44. The molecule has 0 radical (unpaired) electrons. The van der Waals surface area contributed by atoms with Crippen LogP contribution < -0.4 is 16.6 Å². The summed E-state index contributed by atoms with van der Waals surface area (Å²) in [5.41, 5.74) is 0.379. The molecule has 1 aromatic heterocycles. The molecule has 4 N–H and O–H groups in total. The van der Waals surface area contributed by atoms with Crippen molar-refractivity contribution in [3.8, 4) is 0 Å². The van der Waals surface area contributed by atoms with Crippen LogP contribution in [0.15, 0.2) is 12.4 Å². The Hall–Kier alpha value is -1.57. The number of hydrogen-bond donors (Lipinski definition) is 3. The summed E-state index contributed by atoms with van der Waals surface area (Å²) in [5, 5.41) is 2.35. The Labute approximate surface area is 89.2 Å². The standard InChI is InChI=1S/C8H10F3N5/c9-8(10,11)7(1-2-7)15-5-3-13-4-6(14-5)16-12/h3-4H,1-2,12H2,(H2,14,15,16). The minimum Gasteiger partial charge on any atom is -0.355 e. The van der Waals surface area contributed by atoms with Crippen LogP contribution in [0.3, 0.4) is 0 Å². The maximum Gasteiger partial charge on any atom is 0.411 e. The minimum atomic E-state index is -4.28. The van der Waals surface area contributed by atoms with Gasteiger partial charge in [0.2, 0.25) is 0 Å². The topological polar surface area (TPSA) is 75.9 Å². The quantitative estimate of drug-likeness (QED) is 0.541. The van der Waals surface area contributed by atoms with Crippen molar-refractivity contribution >= 4 is 11.6 Å². The fourth-order valence-corrected chi connectivity index (χ4v) is 1.35. The van der Waals surface area contributed by atoms with E-state index in [1.54, 1.807) is 0 Å². The van der Waals surface area contributed by atoms with Crippen LogP contribution in [0.1, 0.15) is 12.8 Å². The molecule has 0 amide bonds. The first kappa shape index (κ1) is 10.9. The molecule has 0 unspecified atom stereocenters. The highest BCUT2D eigenvalue weighted by atomic mass is 19.4. The van der Waals surface area contributed by atoms with Gasteiger partial charge in [0.25, 0.3) is 0 Å². The van der Waals surface area contributed by atoms with E-state index in [0.29, 0.717) is 0 Å². The first-order valence-corrected chi connectivity index (χ1v) is 4.60. The largest absolute Gasteiger partial charge is 0.411 e. The number of aromatic nitrogens is 2. The number of anilines is 2. The number of alkyl halides is 3. The maximum absolute atomic E-state index is 12.6. The van der Waals surface area contributed by atoms with Crippen molar-refractivity contribution in [2.45, 2.75) is 24.6 Å². The van der Waals surface area contributed by atoms with Crippen LogP contribution in [0.5, 0.6) is 0 Å². The number of nitrogen functional groups attached to an aromatic ring is 1. The van der Waals surface area contributed by atoms with E-state index in [2.05, 4.69) is 20.7 Å². The van der Waals surface area contributed by atoms with Crippen LogP contribution in [-0.4, -0.2) is 21.7 Å². The van der Waals surface area contributed by atoms with Gasteiger partial charge in [-0.3, -0.25) is 4.98 Å². The number of rotatable bonds is 3. The van der Waals surface area contributed by atoms with Gasteiger partial charge in [0.1, 0.15) is 11.4 Å². The van der Waals surface area contributed by atoms with Gasteiger partial charge >= 0.3 is 6.18 Å². The second-order valence-electron chi connectivity index (χ2n) is 3.64. The van der Waals surface area contributed by atoms with Crippen molar-refractivity contribution in [3.05, 3.63) is 12.4 Å². The van der Waals surface area contributed by atoms with E-state index >= 15 is 0 Å². The third-order valence-corrected chi connectivity index (χ3v) is 2.44. The van der Waals surface area contributed by atoms with Gasteiger partial charge in [-0.2, -0.15) is 13.2 Å². The van der Waals surface area contributed by atoms with Crippen molar-refractivity contribution in [3.63, 3.8) is 0 Å². The molecule has 1 heterocycles. The maximum atomic E-state index is 12.6. The zero-order chi connectivity index (χ0) is 11.8. The van der Waals surface area contributed by atoms with Crippen LogP contribution in [0.25, 0.3) is 0 Å². The third kappa shape index (κ3) is 1.87. The Bertz CT molecular complexity index is 388. The normalized spacial score (nSPS) is 18.0. The van der Waals surface area contributed by atoms with E-state index in [1.807, 2.05) is 0 Å². The molecule has 1 aromatic rings. The Morgan fingerprint density at radius 1 is 1.25 bits per heavy atom. The molecule has 0 saturated heterocycles. The van der Waals surface area contributed by atoms with E-state index < -0.39 is 11.7 Å². The van der Waals surface area contributed by atoms with Gasteiger partial charge in [-0.25, -0.2) is 10.8 Å². The summed E-state index contributed by atoms with van der Waals surface area (Å²) in [4.78, 5) is 7.53. The van der Waals surface area contributed by atoms with Crippen LogP contribution >= 0.6 is 0 Å². The molecule has 0 aliphatic heterocycles. The van der Waals surface area contributed by atoms with Crippen LogP contribution in [-0.2, 0) is 0 Å². The molecule has 0 aromatic carbocycles. The molecule has 0 bridgehead atoms. The predicted octanol–water partition coefficient (Wildman–Crippen LogP) is 1.27. The van der Waals surface area contributed by atoms with Gasteiger partial charge in [0, 0.05) is 0 Å². The number of hydrazine groups is 1. The van der Waals surface area contributed by atoms with E-state index in [1.165, 1.54) is 12.4 Å². The summed E-state index contributed by atoms with van der Waals surface area (Å²) in [6.07, 6.45) is -1.62. The van der Waals surface area contributed by atoms with Crippen molar-refractivity contribution < 1.29 is 13.2 Å².